The van der Waals surface area contributed by atoms with E-state index in [1.165, 1.54) is 12.2 Å². The van der Waals surface area contributed by atoms with Crippen molar-refractivity contribution in [2.75, 3.05) is 6.54 Å². The summed E-state index contributed by atoms with van der Waals surface area (Å²) in [5.41, 5.74) is 0.723. The van der Waals surface area contributed by atoms with Gasteiger partial charge >= 0.3 is 5.97 Å². The van der Waals surface area contributed by atoms with E-state index in [0.29, 0.717) is 16.5 Å². The van der Waals surface area contributed by atoms with Crippen LogP contribution in [-0.2, 0) is 9.59 Å². The van der Waals surface area contributed by atoms with E-state index in [-0.39, 0.29) is 11.4 Å². The highest BCUT2D eigenvalue weighted by atomic mass is 35.5. The van der Waals surface area contributed by atoms with Gasteiger partial charge in [-0.1, -0.05) is 29.8 Å². The Morgan fingerprint density at radius 3 is 2.73 bits per heavy atom. The molecule has 8 heteroatoms. The predicted molar refractivity (Wildman–Crippen MR) is 98.6 cm³/mol. The first-order valence-electron chi connectivity index (χ1n) is 7.45. The molecule has 2 aromatic rings. The molecule has 0 aliphatic carbocycles. The number of nitrogens with zero attached hydrogens (tertiary/aromatic N) is 1. The van der Waals surface area contributed by atoms with Crippen LogP contribution in [0.15, 0.2) is 57.9 Å². The fourth-order valence-electron chi connectivity index (χ4n) is 2.28. The van der Waals surface area contributed by atoms with Crippen LogP contribution in [0.1, 0.15) is 5.76 Å². The van der Waals surface area contributed by atoms with Crippen LogP contribution in [0.5, 0.6) is 0 Å². The molecule has 1 saturated heterocycles. The summed E-state index contributed by atoms with van der Waals surface area (Å²) in [6.07, 6.45) is 3.60. The summed E-state index contributed by atoms with van der Waals surface area (Å²) in [5.74, 6) is -0.682. The number of furan rings is 1. The molecular weight excluding hydrogens is 378 g/mol. The zero-order chi connectivity index (χ0) is 18.7. The number of carbonyl (C=O) groups excluding carboxylic acids is 2. The average molecular weight is 390 g/mol. The van der Waals surface area contributed by atoms with E-state index < -0.39 is 17.1 Å². The lowest BCUT2D eigenvalue weighted by atomic mass is 10.2. The lowest BCUT2D eigenvalue weighted by Crippen LogP contribution is -2.28. The molecule has 0 unspecified atom stereocenters. The maximum Gasteiger partial charge on any atom is 0.328 e. The Labute approximate surface area is 157 Å². The number of halogens is 1. The Balaban J connectivity index is 1.79. The SMILES string of the molecule is O=C(O)C=CCN1C(=O)SC(=Cc2ccc(-c3ccccc3Cl)o2)C1=O. The first kappa shape index (κ1) is 18.0. The van der Waals surface area contributed by atoms with E-state index in [2.05, 4.69) is 0 Å². The first-order chi connectivity index (χ1) is 12.5. The Morgan fingerprint density at radius 2 is 2.00 bits per heavy atom. The maximum absolute atomic E-state index is 12.3. The van der Waals surface area contributed by atoms with Crippen LogP contribution in [-0.4, -0.2) is 33.7 Å². The van der Waals surface area contributed by atoms with E-state index in [1.807, 2.05) is 18.2 Å². The maximum atomic E-state index is 12.3. The standard InChI is InChI=1S/C18H12ClNO5S/c19-13-5-2-1-4-12(13)14-8-7-11(25-14)10-15-17(23)20(18(24)26-15)9-3-6-16(21)22/h1-8,10H,9H2,(H,21,22). The van der Waals surface area contributed by atoms with Gasteiger partial charge in [0.15, 0.2) is 0 Å². The molecule has 0 radical (unpaired) electrons. The molecule has 0 atom stereocenters. The second kappa shape index (κ2) is 7.63. The highest BCUT2D eigenvalue weighted by Crippen LogP contribution is 2.34. The summed E-state index contributed by atoms with van der Waals surface area (Å²) in [7, 11) is 0. The molecule has 1 aliphatic rings. The molecule has 1 fully saturated rings. The van der Waals surface area contributed by atoms with Crippen LogP contribution in [0, 0.1) is 0 Å². The molecule has 1 aliphatic heterocycles. The van der Waals surface area contributed by atoms with Crippen molar-refractivity contribution in [3.8, 4) is 11.3 Å². The fourth-order valence-corrected chi connectivity index (χ4v) is 3.34. The molecular formula is C18H12ClNO5S. The minimum Gasteiger partial charge on any atom is -0.478 e. The van der Waals surface area contributed by atoms with E-state index in [0.717, 1.165) is 28.3 Å². The van der Waals surface area contributed by atoms with Gasteiger partial charge in [-0.05, 0) is 36.0 Å². The summed E-state index contributed by atoms with van der Waals surface area (Å²) >= 11 is 6.91. The minimum absolute atomic E-state index is 0.0999. The largest absolute Gasteiger partial charge is 0.478 e. The van der Waals surface area contributed by atoms with Crippen molar-refractivity contribution in [1.29, 1.82) is 0 Å². The second-order valence-corrected chi connectivity index (χ2v) is 6.62. The van der Waals surface area contributed by atoms with Gasteiger partial charge < -0.3 is 9.52 Å². The third kappa shape index (κ3) is 3.89. The molecule has 26 heavy (non-hydrogen) atoms. The number of aliphatic carboxylic acids is 1. The van der Waals surface area contributed by atoms with Crippen molar-refractivity contribution in [1.82, 2.24) is 4.90 Å². The van der Waals surface area contributed by atoms with Crippen LogP contribution in [0.25, 0.3) is 17.4 Å². The molecule has 2 amide bonds. The number of hydrogen-bond donors (Lipinski definition) is 1. The summed E-state index contributed by atoms with van der Waals surface area (Å²) in [5, 5.41) is 8.65. The van der Waals surface area contributed by atoms with Gasteiger partial charge in [0.2, 0.25) is 0 Å². The predicted octanol–water partition coefficient (Wildman–Crippen LogP) is 4.28. The summed E-state index contributed by atoms with van der Waals surface area (Å²) in [6, 6.07) is 10.6. The molecule has 6 nitrogen and oxygen atoms in total. The van der Waals surface area contributed by atoms with Crippen molar-refractivity contribution >= 4 is 46.6 Å². The smallest absolute Gasteiger partial charge is 0.328 e. The number of benzene rings is 1. The fraction of sp³-hybridized carbons (Fsp3) is 0.0556. The first-order valence-corrected chi connectivity index (χ1v) is 8.65. The quantitative estimate of drug-likeness (QED) is 0.768. The normalized spacial score (nSPS) is 16.2. The highest BCUT2D eigenvalue weighted by Gasteiger charge is 2.34. The van der Waals surface area contributed by atoms with Gasteiger partial charge in [-0.15, -0.1) is 0 Å². The van der Waals surface area contributed by atoms with E-state index in [1.54, 1.807) is 18.2 Å². The third-order valence-electron chi connectivity index (χ3n) is 3.46. The van der Waals surface area contributed by atoms with Crippen molar-refractivity contribution in [2.45, 2.75) is 0 Å². The van der Waals surface area contributed by atoms with Gasteiger partial charge in [0, 0.05) is 24.3 Å². The monoisotopic (exact) mass is 389 g/mol. The van der Waals surface area contributed by atoms with E-state index >= 15 is 0 Å². The Morgan fingerprint density at radius 1 is 1.23 bits per heavy atom. The van der Waals surface area contributed by atoms with Gasteiger partial charge in [0.1, 0.15) is 11.5 Å². The number of hydrogen-bond acceptors (Lipinski definition) is 5. The second-order valence-electron chi connectivity index (χ2n) is 5.21. The molecule has 1 aromatic heterocycles. The van der Waals surface area contributed by atoms with Crippen molar-refractivity contribution in [3.05, 3.63) is 64.2 Å². The lowest BCUT2D eigenvalue weighted by molar-refractivity contribution is -0.131. The Kier molecular flexibility index (Phi) is 5.29. The molecule has 0 bridgehead atoms. The zero-order valence-electron chi connectivity index (χ0n) is 13.2. The zero-order valence-corrected chi connectivity index (χ0v) is 14.8. The molecule has 2 heterocycles. The van der Waals surface area contributed by atoms with Crippen LogP contribution < -0.4 is 0 Å². The number of carboxylic acids is 1. The Bertz CT molecular complexity index is 947. The molecule has 132 valence electrons. The lowest BCUT2D eigenvalue weighted by Gasteiger charge is -2.07. The van der Waals surface area contributed by atoms with E-state index in [9.17, 15) is 14.4 Å². The van der Waals surface area contributed by atoms with Crippen molar-refractivity contribution in [2.24, 2.45) is 0 Å². The molecule has 3 rings (SSSR count). The third-order valence-corrected chi connectivity index (χ3v) is 4.70. The molecule has 1 N–H and O–H groups in total. The number of thioether (sulfide) groups is 1. The van der Waals surface area contributed by atoms with Crippen LogP contribution >= 0.6 is 23.4 Å². The van der Waals surface area contributed by atoms with Crippen molar-refractivity contribution < 1.29 is 23.9 Å². The van der Waals surface area contributed by atoms with Gasteiger partial charge in [0.25, 0.3) is 11.1 Å². The number of amides is 2. The van der Waals surface area contributed by atoms with Crippen molar-refractivity contribution in [3.63, 3.8) is 0 Å². The van der Waals surface area contributed by atoms with Gasteiger partial charge in [-0.3, -0.25) is 14.5 Å². The Hall–Kier alpha value is -2.77. The number of imide groups is 1. The van der Waals surface area contributed by atoms with Crippen LogP contribution in [0.3, 0.4) is 0 Å². The van der Waals surface area contributed by atoms with E-state index in [4.69, 9.17) is 21.1 Å². The van der Waals surface area contributed by atoms with Gasteiger partial charge in [0.05, 0.1) is 9.93 Å². The molecule has 1 aromatic carbocycles. The summed E-state index contributed by atoms with van der Waals surface area (Å²) in [4.78, 5) is 35.9. The molecule has 0 spiro atoms. The van der Waals surface area contributed by atoms with Crippen LogP contribution in [0.2, 0.25) is 5.02 Å². The topological polar surface area (TPSA) is 87.8 Å². The highest BCUT2D eigenvalue weighted by molar-refractivity contribution is 8.18. The summed E-state index contributed by atoms with van der Waals surface area (Å²) < 4.78 is 5.70. The summed E-state index contributed by atoms with van der Waals surface area (Å²) in [6.45, 7) is -0.0999. The average Bonchev–Trinajstić information content (AvgIpc) is 3.15. The van der Waals surface area contributed by atoms with Gasteiger partial charge in [-0.25, -0.2) is 4.79 Å². The van der Waals surface area contributed by atoms with Gasteiger partial charge in [-0.2, -0.15) is 0 Å². The number of carboxylic acid groups (broad SMARTS) is 1. The number of rotatable bonds is 5. The molecule has 0 saturated carbocycles. The minimum atomic E-state index is -1.14. The number of carbonyl (C=O) groups is 3. The van der Waals surface area contributed by atoms with Crippen LogP contribution in [0.4, 0.5) is 4.79 Å².